The fourth-order valence-corrected chi connectivity index (χ4v) is 2.09. The Morgan fingerprint density at radius 3 is 2.15 bits per heavy atom. The zero-order valence-electron chi connectivity index (χ0n) is 12.7. The average molecular weight is 279 g/mol. The summed E-state index contributed by atoms with van der Waals surface area (Å²) in [5.41, 5.74) is 0.776. The Hall–Kier alpha value is -1.23. The molecule has 4 nitrogen and oxygen atoms in total. The lowest BCUT2D eigenvalue weighted by Crippen LogP contribution is -2.36. The molecule has 0 heterocycles. The zero-order chi connectivity index (χ0) is 14.8. The standard InChI is InChI=1S/C16H25NO3/c1-14(16(18)15-7-5-4-6-8-15)13-17(9-11-19-2)10-12-20-3/h4-8,14H,9-13H2,1-3H3. The maximum absolute atomic E-state index is 12.3. The molecule has 1 atom stereocenters. The van der Waals surface area contributed by atoms with Crippen LogP contribution in [0.1, 0.15) is 17.3 Å². The Kier molecular flexibility index (Phi) is 8.11. The summed E-state index contributed by atoms with van der Waals surface area (Å²) < 4.78 is 10.2. The zero-order valence-corrected chi connectivity index (χ0v) is 12.7. The van der Waals surface area contributed by atoms with Gasteiger partial charge in [0.15, 0.2) is 5.78 Å². The summed E-state index contributed by atoms with van der Waals surface area (Å²) in [7, 11) is 3.38. The topological polar surface area (TPSA) is 38.8 Å². The summed E-state index contributed by atoms with van der Waals surface area (Å²) in [5.74, 6) is 0.150. The van der Waals surface area contributed by atoms with Crippen LogP contribution in [0, 0.1) is 5.92 Å². The highest BCUT2D eigenvalue weighted by molar-refractivity contribution is 5.97. The van der Waals surface area contributed by atoms with Crippen LogP contribution in [-0.2, 0) is 9.47 Å². The molecular weight excluding hydrogens is 254 g/mol. The first-order valence-corrected chi connectivity index (χ1v) is 6.98. The van der Waals surface area contributed by atoms with E-state index in [1.165, 1.54) is 0 Å². The van der Waals surface area contributed by atoms with E-state index >= 15 is 0 Å². The van der Waals surface area contributed by atoms with Crippen LogP contribution in [0.2, 0.25) is 0 Å². The van der Waals surface area contributed by atoms with Gasteiger partial charge in [-0.3, -0.25) is 9.69 Å². The van der Waals surface area contributed by atoms with Crippen LogP contribution in [0.5, 0.6) is 0 Å². The van der Waals surface area contributed by atoms with E-state index in [4.69, 9.17) is 9.47 Å². The predicted molar refractivity (Wildman–Crippen MR) is 80.1 cm³/mol. The van der Waals surface area contributed by atoms with Crippen molar-refractivity contribution in [1.82, 2.24) is 4.90 Å². The Morgan fingerprint density at radius 1 is 1.10 bits per heavy atom. The highest BCUT2D eigenvalue weighted by Gasteiger charge is 2.18. The number of hydrogen-bond donors (Lipinski definition) is 0. The van der Waals surface area contributed by atoms with Crippen LogP contribution < -0.4 is 0 Å². The van der Waals surface area contributed by atoms with Gasteiger partial charge in [0.25, 0.3) is 0 Å². The van der Waals surface area contributed by atoms with Crippen LogP contribution in [0.3, 0.4) is 0 Å². The molecule has 1 aromatic rings. The second-order valence-corrected chi connectivity index (χ2v) is 4.92. The highest BCUT2D eigenvalue weighted by Crippen LogP contribution is 2.10. The summed E-state index contributed by atoms with van der Waals surface area (Å²) in [6.07, 6.45) is 0. The van der Waals surface area contributed by atoms with Crippen molar-refractivity contribution < 1.29 is 14.3 Å². The van der Waals surface area contributed by atoms with Gasteiger partial charge in [-0.05, 0) is 0 Å². The van der Waals surface area contributed by atoms with Gasteiger partial charge in [0.1, 0.15) is 0 Å². The van der Waals surface area contributed by atoms with Crippen molar-refractivity contribution in [2.45, 2.75) is 6.92 Å². The Labute approximate surface area is 121 Å². The molecule has 0 bridgehead atoms. The number of carbonyl (C=O) groups excluding carboxylic acids is 1. The lowest BCUT2D eigenvalue weighted by molar-refractivity contribution is 0.0816. The third-order valence-corrected chi connectivity index (χ3v) is 3.26. The minimum atomic E-state index is -0.0360. The first kappa shape index (κ1) is 16.8. The molecule has 112 valence electrons. The van der Waals surface area contributed by atoms with Gasteiger partial charge in [-0.1, -0.05) is 37.3 Å². The number of benzene rings is 1. The number of rotatable bonds is 10. The molecule has 0 saturated carbocycles. The van der Waals surface area contributed by atoms with Crippen molar-refractivity contribution in [1.29, 1.82) is 0 Å². The van der Waals surface area contributed by atoms with Crippen molar-refractivity contribution in [2.75, 3.05) is 47.1 Å². The number of hydrogen-bond acceptors (Lipinski definition) is 4. The summed E-state index contributed by atoms with van der Waals surface area (Å²) in [6.45, 7) is 5.65. The first-order valence-electron chi connectivity index (χ1n) is 6.98. The maximum Gasteiger partial charge on any atom is 0.166 e. The van der Waals surface area contributed by atoms with E-state index in [0.717, 1.165) is 25.2 Å². The van der Waals surface area contributed by atoms with E-state index in [9.17, 15) is 4.79 Å². The summed E-state index contributed by atoms with van der Waals surface area (Å²) in [5, 5.41) is 0. The third-order valence-electron chi connectivity index (χ3n) is 3.26. The number of ether oxygens (including phenoxy) is 2. The highest BCUT2D eigenvalue weighted by atomic mass is 16.5. The van der Waals surface area contributed by atoms with Gasteiger partial charge >= 0.3 is 0 Å². The van der Waals surface area contributed by atoms with E-state index in [0.29, 0.717) is 13.2 Å². The fourth-order valence-electron chi connectivity index (χ4n) is 2.09. The summed E-state index contributed by atoms with van der Waals surface area (Å²) in [6, 6.07) is 9.45. The first-order chi connectivity index (χ1) is 9.69. The maximum atomic E-state index is 12.3. The average Bonchev–Trinajstić information content (AvgIpc) is 2.49. The number of Topliss-reactive ketones (excluding diaryl/α,β-unsaturated/α-hetero) is 1. The Balaban J connectivity index is 2.55. The molecule has 0 aliphatic heterocycles. The van der Waals surface area contributed by atoms with Crippen LogP contribution >= 0.6 is 0 Å². The third kappa shape index (κ3) is 5.82. The van der Waals surface area contributed by atoms with E-state index in [1.54, 1.807) is 14.2 Å². The van der Waals surface area contributed by atoms with E-state index in [2.05, 4.69) is 4.90 Å². The van der Waals surface area contributed by atoms with Crippen LogP contribution in [0.15, 0.2) is 30.3 Å². The smallest absolute Gasteiger partial charge is 0.166 e. The molecule has 0 aromatic heterocycles. The monoisotopic (exact) mass is 279 g/mol. The molecule has 0 fully saturated rings. The van der Waals surface area contributed by atoms with Crippen LogP contribution in [-0.4, -0.2) is 57.8 Å². The molecule has 1 rings (SSSR count). The number of nitrogens with zero attached hydrogens (tertiary/aromatic N) is 1. The molecule has 0 spiro atoms. The number of carbonyl (C=O) groups is 1. The molecule has 0 aliphatic carbocycles. The van der Waals surface area contributed by atoms with Gasteiger partial charge in [0, 0.05) is 45.3 Å². The van der Waals surface area contributed by atoms with Gasteiger partial charge in [-0.15, -0.1) is 0 Å². The summed E-state index contributed by atoms with van der Waals surface area (Å²) in [4.78, 5) is 14.5. The van der Waals surface area contributed by atoms with E-state index < -0.39 is 0 Å². The van der Waals surface area contributed by atoms with E-state index in [1.807, 2.05) is 37.3 Å². The fraction of sp³-hybridized carbons (Fsp3) is 0.562. The number of methoxy groups -OCH3 is 2. The Morgan fingerprint density at radius 2 is 1.65 bits per heavy atom. The molecule has 0 N–H and O–H groups in total. The van der Waals surface area contributed by atoms with Crippen molar-refractivity contribution in [3.63, 3.8) is 0 Å². The van der Waals surface area contributed by atoms with Crippen molar-refractivity contribution in [3.8, 4) is 0 Å². The van der Waals surface area contributed by atoms with Gasteiger partial charge in [-0.25, -0.2) is 0 Å². The quantitative estimate of drug-likeness (QED) is 0.615. The molecule has 1 unspecified atom stereocenters. The molecule has 1 aromatic carbocycles. The van der Waals surface area contributed by atoms with Gasteiger partial charge in [-0.2, -0.15) is 0 Å². The van der Waals surface area contributed by atoms with Crippen molar-refractivity contribution in [2.24, 2.45) is 5.92 Å². The molecule has 4 heteroatoms. The SMILES string of the molecule is COCCN(CCOC)CC(C)C(=O)c1ccccc1. The largest absolute Gasteiger partial charge is 0.383 e. The predicted octanol–water partition coefficient (Wildman–Crippen LogP) is 2.10. The van der Waals surface area contributed by atoms with Crippen molar-refractivity contribution >= 4 is 5.78 Å². The van der Waals surface area contributed by atoms with Crippen LogP contribution in [0.4, 0.5) is 0 Å². The Bertz CT molecular complexity index is 373. The van der Waals surface area contributed by atoms with Gasteiger partial charge in [0.05, 0.1) is 13.2 Å². The number of ketones is 1. The normalized spacial score (nSPS) is 12.6. The van der Waals surface area contributed by atoms with Crippen molar-refractivity contribution in [3.05, 3.63) is 35.9 Å². The van der Waals surface area contributed by atoms with Crippen LogP contribution in [0.25, 0.3) is 0 Å². The lowest BCUT2D eigenvalue weighted by Gasteiger charge is -2.24. The molecule has 0 amide bonds. The second-order valence-electron chi connectivity index (χ2n) is 4.92. The van der Waals surface area contributed by atoms with E-state index in [-0.39, 0.29) is 11.7 Å². The molecule has 20 heavy (non-hydrogen) atoms. The molecular formula is C16H25NO3. The second kappa shape index (κ2) is 9.64. The van der Waals surface area contributed by atoms with Gasteiger partial charge < -0.3 is 9.47 Å². The summed E-state index contributed by atoms with van der Waals surface area (Å²) >= 11 is 0. The van der Waals surface area contributed by atoms with Gasteiger partial charge in [0.2, 0.25) is 0 Å². The molecule has 0 aliphatic rings. The molecule has 0 saturated heterocycles. The minimum absolute atomic E-state index is 0.0360. The lowest BCUT2D eigenvalue weighted by atomic mass is 9.99. The minimum Gasteiger partial charge on any atom is -0.383 e. The molecule has 0 radical (unpaired) electrons.